The molecule has 0 aromatic heterocycles. The van der Waals surface area contributed by atoms with Crippen LogP contribution >= 0.6 is 24.0 Å². The highest BCUT2D eigenvalue weighted by atomic mass is 32.2. The number of nitrogens with one attached hydrogen (secondary N) is 1. The maximum absolute atomic E-state index is 12.2. The minimum Gasteiger partial charge on any atom is -0.393 e. The molecule has 1 aliphatic rings. The third-order valence-corrected chi connectivity index (χ3v) is 5.71. The predicted octanol–water partition coefficient (Wildman–Crippen LogP) is 2.73. The van der Waals surface area contributed by atoms with E-state index in [1.54, 1.807) is 0 Å². The first-order chi connectivity index (χ1) is 8.92. The van der Waals surface area contributed by atoms with Gasteiger partial charge in [0.1, 0.15) is 0 Å². The summed E-state index contributed by atoms with van der Waals surface area (Å²) in [4.78, 5) is 12.5. The molecule has 1 atom stereocenters. The van der Waals surface area contributed by atoms with Crippen LogP contribution in [0, 0.1) is 11.8 Å². The largest absolute Gasteiger partial charge is 0.393 e. The summed E-state index contributed by atoms with van der Waals surface area (Å²) in [5.74, 6) is -0.215. The molecule has 0 radical (unpaired) electrons. The Kier molecular flexibility index (Phi) is 6.60. The maximum atomic E-state index is 12.2. The molecule has 0 aromatic carbocycles. The van der Waals surface area contributed by atoms with Crippen LogP contribution in [0.1, 0.15) is 46.0 Å². The van der Waals surface area contributed by atoms with Crippen LogP contribution < -0.4 is 11.1 Å². The minimum absolute atomic E-state index is 0.0125. The lowest BCUT2D eigenvalue weighted by Crippen LogP contribution is -2.47. The smallest absolute Gasteiger partial charge is 0.230 e. The summed E-state index contributed by atoms with van der Waals surface area (Å²) in [6.07, 6.45) is 8.36. The molecule has 1 unspecified atom stereocenters. The van der Waals surface area contributed by atoms with E-state index in [4.69, 9.17) is 18.0 Å². The van der Waals surface area contributed by atoms with Gasteiger partial charge in [0, 0.05) is 11.3 Å². The molecule has 0 heterocycles. The molecule has 5 heteroatoms. The van der Waals surface area contributed by atoms with Gasteiger partial charge in [-0.2, -0.15) is 11.8 Å². The monoisotopic (exact) mass is 302 g/mol. The number of carbonyl (C=O) groups excluding carboxylic acids is 1. The maximum Gasteiger partial charge on any atom is 0.230 e. The van der Waals surface area contributed by atoms with Crippen molar-refractivity contribution in [2.45, 2.75) is 50.7 Å². The molecule has 0 spiro atoms. The molecule has 3 nitrogen and oxygen atoms in total. The van der Waals surface area contributed by atoms with Gasteiger partial charge in [0.05, 0.1) is 10.9 Å². The van der Waals surface area contributed by atoms with Gasteiger partial charge in [-0.15, -0.1) is 0 Å². The molecule has 3 N–H and O–H groups in total. The minimum atomic E-state index is -0.350. The van der Waals surface area contributed by atoms with Gasteiger partial charge in [0.2, 0.25) is 5.91 Å². The highest BCUT2D eigenvalue weighted by molar-refractivity contribution is 8.00. The van der Waals surface area contributed by atoms with Gasteiger partial charge < -0.3 is 11.1 Å². The fraction of sp³-hybridized carbons (Fsp3) is 0.857. The Hall–Kier alpha value is -0.290. The fourth-order valence-electron chi connectivity index (χ4n) is 2.77. The summed E-state index contributed by atoms with van der Waals surface area (Å²) in [5.41, 5.74) is 5.68. The Balaban J connectivity index is 2.58. The Morgan fingerprint density at radius 1 is 1.37 bits per heavy atom. The normalized spacial score (nSPS) is 20.0. The van der Waals surface area contributed by atoms with Crippen LogP contribution in [0.4, 0.5) is 0 Å². The number of amides is 1. The third kappa shape index (κ3) is 4.63. The lowest BCUT2D eigenvalue weighted by molar-refractivity contribution is -0.124. The predicted molar refractivity (Wildman–Crippen MR) is 87.5 cm³/mol. The third-order valence-electron chi connectivity index (χ3n) is 4.04. The van der Waals surface area contributed by atoms with Crippen LogP contribution in [0.3, 0.4) is 0 Å². The molecule has 0 aromatic rings. The van der Waals surface area contributed by atoms with Crippen molar-refractivity contribution < 1.29 is 4.79 Å². The second-order valence-electron chi connectivity index (χ2n) is 5.79. The van der Waals surface area contributed by atoms with Gasteiger partial charge in [-0.1, -0.05) is 45.3 Å². The van der Waals surface area contributed by atoms with Crippen molar-refractivity contribution in [2.75, 3.05) is 12.8 Å². The first-order valence-electron chi connectivity index (χ1n) is 7.04. The summed E-state index contributed by atoms with van der Waals surface area (Å²) in [6, 6.07) is 0. The van der Waals surface area contributed by atoms with E-state index in [1.807, 2.05) is 25.6 Å². The summed E-state index contributed by atoms with van der Waals surface area (Å²) < 4.78 is 0.214. The summed E-state index contributed by atoms with van der Waals surface area (Å²) in [6.45, 7) is 4.70. The standard InChI is InChI=1S/C14H26N2OS2/c1-10(2)11(12(15)18)13(17)16-9-14(19-3)7-5-4-6-8-14/h10-11H,4-9H2,1-3H3,(H2,15,18)(H,16,17). The average molecular weight is 303 g/mol. The molecule has 1 aliphatic carbocycles. The van der Waals surface area contributed by atoms with Crippen LogP contribution in [0.15, 0.2) is 0 Å². The molecule has 0 saturated heterocycles. The van der Waals surface area contributed by atoms with E-state index in [1.165, 1.54) is 32.1 Å². The molecular formula is C14H26N2OS2. The number of rotatable bonds is 6. The van der Waals surface area contributed by atoms with Crippen LogP contribution in [0.25, 0.3) is 0 Å². The molecule has 1 saturated carbocycles. The number of hydrogen-bond donors (Lipinski definition) is 2. The Labute approximate surface area is 126 Å². The van der Waals surface area contributed by atoms with E-state index in [2.05, 4.69) is 11.6 Å². The highest BCUT2D eigenvalue weighted by Crippen LogP contribution is 2.38. The fourth-order valence-corrected chi connectivity index (χ4v) is 4.06. The van der Waals surface area contributed by atoms with E-state index < -0.39 is 0 Å². The molecule has 0 aliphatic heterocycles. The quantitative estimate of drug-likeness (QED) is 0.741. The number of carbonyl (C=O) groups is 1. The Bertz CT molecular complexity index is 325. The topological polar surface area (TPSA) is 55.1 Å². The molecule has 1 fully saturated rings. The van der Waals surface area contributed by atoms with Crippen molar-refractivity contribution in [1.82, 2.24) is 5.32 Å². The molecule has 1 amide bonds. The molecule has 19 heavy (non-hydrogen) atoms. The molecule has 110 valence electrons. The van der Waals surface area contributed by atoms with Gasteiger partial charge >= 0.3 is 0 Å². The zero-order chi connectivity index (χ0) is 14.5. The number of nitrogens with two attached hydrogens (primary N) is 1. The van der Waals surface area contributed by atoms with Crippen LogP contribution in [-0.2, 0) is 4.79 Å². The molecule has 0 bridgehead atoms. The van der Waals surface area contributed by atoms with Crippen molar-refractivity contribution in [3.8, 4) is 0 Å². The van der Waals surface area contributed by atoms with Crippen molar-refractivity contribution in [3.05, 3.63) is 0 Å². The lowest BCUT2D eigenvalue weighted by Gasteiger charge is -2.36. The summed E-state index contributed by atoms with van der Waals surface area (Å²) >= 11 is 6.89. The number of thioether (sulfide) groups is 1. The average Bonchev–Trinajstić information content (AvgIpc) is 2.36. The second kappa shape index (κ2) is 7.48. The van der Waals surface area contributed by atoms with Gasteiger partial charge in [0.15, 0.2) is 0 Å². The van der Waals surface area contributed by atoms with E-state index in [0.29, 0.717) is 4.99 Å². The van der Waals surface area contributed by atoms with Gasteiger partial charge in [-0.05, 0) is 25.0 Å². The second-order valence-corrected chi connectivity index (χ2v) is 7.54. The summed E-state index contributed by atoms with van der Waals surface area (Å²) in [5, 5.41) is 3.08. The van der Waals surface area contributed by atoms with Crippen molar-refractivity contribution in [1.29, 1.82) is 0 Å². The van der Waals surface area contributed by atoms with E-state index >= 15 is 0 Å². The SMILES string of the molecule is CSC1(CNC(=O)C(C(N)=S)C(C)C)CCCCC1. The van der Waals surface area contributed by atoms with Crippen LogP contribution in [0.2, 0.25) is 0 Å². The van der Waals surface area contributed by atoms with Gasteiger partial charge in [-0.25, -0.2) is 0 Å². The van der Waals surface area contributed by atoms with E-state index in [0.717, 1.165) is 6.54 Å². The first kappa shape index (κ1) is 16.8. The number of hydrogen-bond acceptors (Lipinski definition) is 3. The number of thiocarbonyl (C=S) groups is 1. The summed E-state index contributed by atoms with van der Waals surface area (Å²) in [7, 11) is 0. The Morgan fingerprint density at radius 3 is 2.37 bits per heavy atom. The molecular weight excluding hydrogens is 276 g/mol. The van der Waals surface area contributed by atoms with Gasteiger partial charge in [0.25, 0.3) is 0 Å². The zero-order valence-corrected chi connectivity index (χ0v) is 13.8. The molecule has 1 rings (SSSR count). The van der Waals surface area contributed by atoms with Crippen LogP contribution in [-0.4, -0.2) is 28.4 Å². The van der Waals surface area contributed by atoms with Crippen molar-refractivity contribution >= 4 is 34.9 Å². The lowest BCUT2D eigenvalue weighted by atomic mass is 9.87. The zero-order valence-electron chi connectivity index (χ0n) is 12.2. The first-order valence-corrected chi connectivity index (χ1v) is 8.67. The highest BCUT2D eigenvalue weighted by Gasteiger charge is 2.33. The van der Waals surface area contributed by atoms with Crippen molar-refractivity contribution in [3.63, 3.8) is 0 Å². The Morgan fingerprint density at radius 2 is 1.95 bits per heavy atom. The van der Waals surface area contributed by atoms with E-state index in [9.17, 15) is 4.79 Å². The van der Waals surface area contributed by atoms with Crippen LogP contribution in [0.5, 0.6) is 0 Å². The van der Waals surface area contributed by atoms with Crippen molar-refractivity contribution in [2.24, 2.45) is 17.6 Å². The van der Waals surface area contributed by atoms with Gasteiger partial charge in [-0.3, -0.25) is 4.79 Å². The van der Waals surface area contributed by atoms with E-state index in [-0.39, 0.29) is 22.5 Å².